The van der Waals surface area contributed by atoms with Crippen molar-refractivity contribution in [1.29, 1.82) is 5.26 Å². The number of carbonyl (C=O) groups excluding carboxylic acids is 2. The van der Waals surface area contributed by atoms with Gasteiger partial charge in [-0.1, -0.05) is 145 Å². The third-order valence-corrected chi connectivity index (χ3v) is 21.8. The van der Waals surface area contributed by atoms with E-state index in [0.717, 1.165) is 80.8 Å². The number of benzene rings is 6. The Morgan fingerprint density at radius 3 is 2.40 bits per heavy atom. The van der Waals surface area contributed by atoms with Crippen molar-refractivity contribution < 1.29 is 40.8 Å². The second kappa shape index (κ2) is 34.4. The minimum absolute atomic E-state index is 0.0850. The number of aryl methyl sites for hydroxylation is 2. The van der Waals surface area contributed by atoms with Gasteiger partial charge in [-0.2, -0.15) is 10.2 Å². The molecule has 528 valence electrons. The molecule has 25 heteroatoms. The van der Waals surface area contributed by atoms with Gasteiger partial charge in [0.05, 0.1) is 41.3 Å². The normalized spacial score (nSPS) is 13.9. The fraction of sp³-hybridized carbons (Fsp3) is 0.218. The second-order valence-corrected chi connectivity index (χ2v) is 29.0. The van der Waals surface area contributed by atoms with Crippen LogP contribution in [0, 0.1) is 30.0 Å². The Labute approximate surface area is 613 Å². The first-order chi connectivity index (χ1) is 49.9. The van der Waals surface area contributed by atoms with Crippen molar-refractivity contribution in [3.05, 3.63) is 264 Å². The largest absolute Gasteiger partial charge is 0.493 e. The average Bonchev–Trinajstić information content (AvgIpc) is 1.66. The van der Waals surface area contributed by atoms with Crippen LogP contribution in [0.4, 0.5) is 26.8 Å². The van der Waals surface area contributed by atoms with Crippen molar-refractivity contribution in [2.45, 2.75) is 88.7 Å². The maximum absolute atomic E-state index is 13.3. The molecule has 1 amide bonds. The van der Waals surface area contributed by atoms with Crippen LogP contribution < -0.4 is 31.0 Å². The van der Waals surface area contributed by atoms with E-state index in [1.807, 2.05) is 151 Å². The Kier molecular flexibility index (Phi) is 24.6. The molecular formula is C78H74ClFN10O9S4. The van der Waals surface area contributed by atoms with Gasteiger partial charge in [0, 0.05) is 62.9 Å². The monoisotopic (exact) mass is 1480 g/mol. The van der Waals surface area contributed by atoms with Crippen LogP contribution in [-0.4, -0.2) is 71.2 Å². The van der Waals surface area contributed by atoms with Gasteiger partial charge in [-0.25, -0.2) is 22.3 Å². The minimum Gasteiger partial charge on any atom is -0.493 e. The van der Waals surface area contributed by atoms with E-state index < -0.39 is 15.6 Å². The lowest BCUT2D eigenvalue weighted by molar-refractivity contribution is -0.116. The highest BCUT2D eigenvalue weighted by atomic mass is 35.5. The molecule has 3 aliphatic rings. The summed E-state index contributed by atoms with van der Waals surface area (Å²) in [4.78, 5) is 45.1. The van der Waals surface area contributed by atoms with Crippen LogP contribution in [0.1, 0.15) is 100 Å². The number of thioether (sulfide) groups is 1. The summed E-state index contributed by atoms with van der Waals surface area (Å²) >= 11 is 10.3. The number of hydrogen-bond donors (Lipinski definition) is 4. The highest BCUT2D eigenvalue weighted by molar-refractivity contribution is 7.98. The molecule has 6 aromatic heterocycles. The summed E-state index contributed by atoms with van der Waals surface area (Å²) in [6.07, 6.45) is 11.9. The van der Waals surface area contributed by atoms with E-state index in [1.165, 1.54) is 57.1 Å². The molecule has 0 saturated heterocycles. The van der Waals surface area contributed by atoms with E-state index >= 15 is 0 Å². The van der Waals surface area contributed by atoms with Crippen LogP contribution in [0.15, 0.2) is 217 Å². The number of thiophene rings is 2. The summed E-state index contributed by atoms with van der Waals surface area (Å²) in [5.41, 5.74) is 14.5. The summed E-state index contributed by atoms with van der Waals surface area (Å²) in [5, 5.41) is 29.3. The van der Waals surface area contributed by atoms with Crippen LogP contribution >= 0.6 is 46.0 Å². The van der Waals surface area contributed by atoms with Gasteiger partial charge in [-0.3, -0.25) is 13.9 Å². The number of nitrogens with one attached hydrogen (secondary N) is 3. The number of allylic oxidation sites excluding steroid dienone is 1. The van der Waals surface area contributed by atoms with Crippen LogP contribution in [0.2, 0.25) is 5.02 Å². The molecule has 0 bridgehead atoms. The molecule has 8 heterocycles. The van der Waals surface area contributed by atoms with Gasteiger partial charge in [0.1, 0.15) is 45.8 Å². The third kappa shape index (κ3) is 18.0. The van der Waals surface area contributed by atoms with Gasteiger partial charge in [0.2, 0.25) is 17.0 Å². The molecule has 0 fully saturated rings. The van der Waals surface area contributed by atoms with Crippen molar-refractivity contribution in [3.8, 4) is 33.7 Å². The molecule has 0 radical (unpaired) electrons. The van der Waals surface area contributed by atoms with E-state index in [9.17, 15) is 27.2 Å². The number of ether oxygens (including phenoxy) is 2. The SMILES string of the molecule is CCN(c1cccc2ccccc12)S(=O)(=O)c1ccc2c(c1)OCC2.CCOC(=O)c1c(N)sc2c1CCC(CC)C2.CSc1nc2n(n1)C(c1ccc(F)cc1)C=C(c1ccccc1)N2.Cc1cc(NC(=O)CCc2ccc(Cl)cc2)no1.N#Cc1c(-c2cccs2)cc(-c2ccco2)[nH]c1=O. The van der Waals surface area contributed by atoms with E-state index in [4.69, 9.17) is 41.0 Å². The number of fused-ring (bicyclic) bond motifs is 4. The molecule has 15 rings (SSSR count). The zero-order chi connectivity index (χ0) is 72.6. The van der Waals surface area contributed by atoms with E-state index in [1.54, 1.807) is 66.8 Å². The molecule has 0 spiro atoms. The number of pyridine rings is 1. The van der Waals surface area contributed by atoms with Crippen molar-refractivity contribution >= 4 is 107 Å². The van der Waals surface area contributed by atoms with Gasteiger partial charge >= 0.3 is 5.97 Å². The van der Waals surface area contributed by atoms with E-state index in [2.05, 4.69) is 43.9 Å². The summed E-state index contributed by atoms with van der Waals surface area (Å²) in [5.74, 6) is 3.22. The first-order valence-corrected chi connectivity index (χ1v) is 38.1. The maximum Gasteiger partial charge on any atom is 0.341 e. The standard InChI is InChI=1S/C20H19NO3S.C18H15FN4S.C14H8N2O2S.C13H13ClN2O2.C13H19NO2S/c1-2-21(19-9-5-7-15-6-3-4-8-18(15)19)25(22,23)17-11-10-16-12-13-24-20(16)14-17;1-24-18-21-17-20-15(12-5-3-2-4-6-12)11-16(23(17)22-18)13-7-9-14(19)10-8-13;15-8-10-9(13-4-2-6-19-13)7-11(16-14(10)17)12-3-1-5-18-12;1-9-8-12(16-18-9)15-13(17)7-4-10-2-5-11(14)6-3-10;1-3-8-5-6-9-10(7-8)17-12(14)11(9)13(15)16-4-2/h3-11,14H,2,12-13H2,1H3;2-11,16H,1H3,(H,20,21,22);1-7H,(H,16,17);2-3,5-6,8H,4,7H2,1H3,(H,15,16,17);8H,3-7,14H2,1-2H3. The van der Waals surface area contributed by atoms with Crippen molar-refractivity contribution in [2.24, 2.45) is 5.92 Å². The van der Waals surface area contributed by atoms with E-state index in [0.29, 0.717) is 99.3 Å². The summed E-state index contributed by atoms with van der Waals surface area (Å²) in [6.45, 7) is 9.03. The zero-order valence-electron chi connectivity index (χ0n) is 57.0. The molecule has 12 aromatic rings. The smallest absolute Gasteiger partial charge is 0.341 e. The number of aromatic nitrogens is 5. The summed E-state index contributed by atoms with van der Waals surface area (Å²) < 4.78 is 63.9. The van der Waals surface area contributed by atoms with Gasteiger partial charge in [-0.15, -0.1) is 27.8 Å². The number of rotatable bonds is 16. The van der Waals surface area contributed by atoms with Gasteiger partial charge in [0.15, 0.2) is 5.82 Å². The number of nitrogen functional groups attached to an aromatic ring is 1. The number of esters is 1. The number of nitrogens with zero attached hydrogens (tertiary/aromatic N) is 6. The predicted molar refractivity (Wildman–Crippen MR) is 407 cm³/mol. The topological polar surface area (TPSA) is 267 Å². The maximum atomic E-state index is 13.3. The number of nitriles is 1. The number of nitrogens with two attached hydrogens (primary N) is 1. The predicted octanol–water partition coefficient (Wildman–Crippen LogP) is 17.6. The number of halogens is 2. The van der Waals surface area contributed by atoms with Crippen molar-refractivity contribution in [2.75, 3.05) is 46.7 Å². The molecule has 2 unspecified atom stereocenters. The number of aromatic amines is 1. The number of hydrogen-bond acceptors (Lipinski definition) is 18. The Morgan fingerprint density at radius 2 is 1.70 bits per heavy atom. The van der Waals surface area contributed by atoms with Crippen molar-refractivity contribution in [1.82, 2.24) is 24.9 Å². The fourth-order valence-corrected chi connectivity index (χ4v) is 15.9. The molecule has 103 heavy (non-hydrogen) atoms. The fourth-order valence-electron chi connectivity index (χ4n) is 11.9. The molecule has 0 saturated carbocycles. The summed E-state index contributed by atoms with van der Waals surface area (Å²) in [7, 11) is -3.66. The van der Waals surface area contributed by atoms with Crippen LogP contribution in [0.25, 0.3) is 38.4 Å². The molecule has 6 aromatic carbocycles. The Hall–Kier alpha value is -10.6. The highest BCUT2D eigenvalue weighted by Gasteiger charge is 2.30. The first-order valence-electron chi connectivity index (χ1n) is 33.3. The van der Waals surface area contributed by atoms with Gasteiger partial charge in [-0.05, 0) is 164 Å². The lowest BCUT2D eigenvalue weighted by atomic mass is 9.86. The lowest BCUT2D eigenvalue weighted by Crippen LogP contribution is -2.31. The molecule has 5 N–H and O–H groups in total. The number of sulfonamides is 1. The molecule has 2 atom stereocenters. The second-order valence-electron chi connectivity index (χ2n) is 23.8. The quantitative estimate of drug-likeness (QED) is 0.0517. The number of H-pyrrole nitrogens is 1. The van der Waals surface area contributed by atoms with Gasteiger partial charge < -0.3 is 39.8 Å². The van der Waals surface area contributed by atoms with Gasteiger partial charge in [0.25, 0.3) is 15.6 Å². The van der Waals surface area contributed by atoms with Crippen LogP contribution in [-0.2, 0) is 45.2 Å². The average molecular weight is 1480 g/mol. The Balaban J connectivity index is 0.000000130. The number of carbonyl (C=O) groups is 2. The van der Waals surface area contributed by atoms with Crippen LogP contribution in [0.3, 0.4) is 0 Å². The lowest BCUT2D eigenvalue weighted by Gasteiger charge is -2.24. The first kappa shape index (κ1) is 73.7. The number of anilines is 4. The molecule has 2 aliphatic heterocycles. The molecular weight excluding hydrogens is 1400 g/mol. The Morgan fingerprint density at radius 1 is 0.922 bits per heavy atom. The molecule has 1 aliphatic carbocycles. The zero-order valence-corrected chi connectivity index (χ0v) is 61.0. The van der Waals surface area contributed by atoms with Crippen LogP contribution in [0.5, 0.6) is 5.75 Å². The molecule has 19 nitrogen and oxygen atoms in total. The number of furan rings is 1. The van der Waals surface area contributed by atoms with E-state index in [-0.39, 0.29) is 34.2 Å². The highest BCUT2D eigenvalue weighted by Crippen LogP contribution is 2.40. The minimum atomic E-state index is -3.66. The third-order valence-electron chi connectivity index (χ3n) is 17.1. The van der Waals surface area contributed by atoms with Crippen molar-refractivity contribution in [3.63, 3.8) is 0 Å². The summed E-state index contributed by atoms with van der Waals surface area (Å²) in [6, 6.07) is 55.3. The number of amides is 1. The Bertz CT molecular complexity index is 5150.